The van der Waals surface area contributed by atoms with E-state index in [0.29, 0.717) is 0 Å². The fourth-order valence-electron chi connectivity index (χ4n) is 1.93. The molecule has 0 radical (unpaired) electrons. The average molecular weight is 385 g/mol. The summed E-state index contributed by atoms with van der Waals surface area (Å²) in [6, 6.07) is 10.3. The van der Waals surface area contributed by atoms with E-state index in [9.17, 15) is 0 Å². The Morgan fingerprint density at radius 2 is 2.05 bits per heavy atom. The van der Waals surface area contributed by atoms with Crippen molar-refractivity contribution in [2.45, 2.75) is 19.4 Å². The first-order chi connectivity index (χ1) is 9.10. The van der Waals surface area contributed by atoms with E-state index in [1.54, 1.807) is 6.20 Å². The standard InChI is InChI=1S/C14H15Br2N3/c1-9-2-5-13(16)12(6-9)14(19-17)7-11-4-3-10(15)8-18-11/h2-6,8,14,19H,7,17H2,1H3. The number of nitrogens with zero attached hydrogens (tertiary/aromatic N) is 1. The molecule has 1 atom stereocenters. The zero-order valence-electron chi connectivity index (χ0n) is 10.5. The maximum atomic E-state index is 5.69. The van der Waals surface area contributed by atoms with Crippen LogP contribution in [0.2, 0.25) is 0 Å². The lowest BCUT2D eigenvalue weighted by Crippen LogP contribution is -2.30. The highest BCUT2D eigenvalue weighted by Gasteiger charge is 2.14. The molecule has 1 unspecified atom stereocenters. The van der Waals surface area contributed by atoms with E-state index in [4.69, 9.17) is 5.84 Å². The van der Waals surface area contributed by atoms with Crippen LogP contribution < -0.4 is 11.3 Å². The molecule has 0 saturated heterocycles. The van der Waals surface area contributed by atoms with Gasteiger partial charge in [0.15, 0.2) is 0 Å². The minimum absolute atomic E-state index is 0.0305. The Bertz CT molecular complexity index is 555. The highest BCUT2D eigenvalue weighted by atomic mass is 79.9. The molecule has 0 aliphatic carbocycles. The topological polar surface area (TPSA) is 50.9 Å². The third kappa shape index (κ3) is 3.86. The zero-order chi connectivity index (χ0) is 13.8. The number of halogens is 2. The van der Waals surface area contributed by atoms with Crippen molar-refractivity contribution >= 4 is 31.9 Å². The van der Waals surface area contributed by atoms with Gasteiger partial charge in [-0.25, -0.2) is 0 Å². The zero-order valence-corrected chi connectivity index (χ0v) is 13.7. The van der Waals surface area contributed by atoms with E-state index in [2.05, 4.69) is 61.3 Å². The molecule has 2 aromatic rings. The number of nitrogens with one attached hydrogen (secondary N) is 1. The molecule has 0 amide bonds. The van der Waals surface area contributed by atoms with E-state index in [-0.39, 0.29) is 6.04 Å². The Balaban J connectivity index is 2.24. The first-order valence-corrected chi connectivity index (χ1v) is 7.51. The van der Waals surface area contributed by atoms with Gasteiger partial charge in [0.2, 0.25) is 0 Å². The third-order valence-electron chi connectivity index (χ3n) is 2.93. The Labute approximate surface area is 129 Å². The molecule has 5 heteroatoms. The van der Waals surface area contributed by atoms with E-state index in [0.717, 1.165) is 26.6 Å². The van der Waals surface area contributed by atoms with Gasteiger partial charge >= 0.3 is 0 Å². The maximum absolute atomic E-state index is 5.69. The number of aryl methyl sites for hydroxylation is 1. The molecule has 1 aromatic carbocycles. The van der Waals surface area contributed by atoms with Crippen LogP contribution in [0.3, 0.4) is 0 Å². The maximum Gasteiger partial charge on any atom is 0.0526 e. The number of pyridine rings is 1. The molecule has 2 rings (SSSR count). The fourth-order valence-corrected chi connectivity index (χ4v) is 2.68. The van der Waals surface area contributed by atoms with Crippen molar-refractivity contribution < 1.29 is 0 Å². The van der Waals surface area contributed by atoms with Gasteiger partial charge in [-0.1, -0.05) is 33.6 Å². The van der Waals surface area contributed by atoms with Crippen LogP contribution in [0.25, 0.3) is 0 Å². The minimum atomic E-state index is 0.0305. The predicted molar refractivity (Wildman–Crippen MR) is 84.6 cm³/mol. The van der Waals surface area contributed by atoms with Crippen LogP contribution in [-0.2, 0) is 6.42 Å². The van der Waals surface area contributed by atoms with Gasteiger partial charge in [-0.15, -0.1) is 0 Å². The van der Waals surface area contributed by atoms with Crippen LogP contribution in [0, 0.1) is 6.92 Å². The van der Waals surface area contributed by atoms with Gasteiger partial charge in [0.25, 0.3) is 0 Å². The number of hydrogen-bond donors (Lipinski definition) is 2. The minimum Gasteiger partial charge on any atom is -0.271 e. The summed E-state index contributed by atoms with van der Waals surface area (Å²) in [7, 11) is 0. The average Bonchev–Trinajstić information content (AvgIpc) is 2.41. The summed E-state index contributed by atoms with van der Waals surface area (Å²) in [4.78, 5) is 4.39. The van der Waals surface area contributed by atoms with Gasteiger partial charge in [-0.3, -0.25) is 16.3 Å². The van der Waals surface area contributed by atoms with Crippen molar-refractivity contribution in [2.24, 2.45) is 5.84 Å². The Kier molecular flexibility index (Phi) is 5.10. The molecule has 0 bridgehead atoms. The van der Waals surface area contributed by atoms with E-state index >= 15 is 0 Å². The van der Waals surface area contributed by atoms with E-state index in [1.807, 2.05) is 18.2 Å². The third-order valence-corrected chi connectivity index (χ3v) is 4.12. The van der Waals surface area contributed by atoms with Crippen LogP contribution in [0.1, 0.15) is 22.9 Å². The summed E-state index contributed by atoms with van der Waals surface area (Å²) in [6.07, 6.45) is 2.54. The molecular formula is C14H15Br2N3. The summed E-state index contributed by atoms with van der Waals surface area (Å²) in [6.45, 7) is 2.07. The molecule has 3 N–H and O–H groups in total. The van der Waals surface area contributed by atoms with Crippen molar-refractivity contribution in [1.82, 2.24) is 10.4 Å². The number of aromatic nitrogens is 1. The van der Waals surface area contributed by atoms with Gasteiger partial charge in [0.1, 0.15) is 0 Å². The number of rotatable bonds is 4. The van der Waals surface area contributed by atoms with Crippen molar-refractivity contribution in [3.63, 3.8) is 0 Å². The number of hydrazine groups is 1. The molecule has 0 spiro atoms. The summed E-state index contributed by atoms with van der Waals surface area (Å²) >= 11 is 6.96. The molecule has 1 aromatic heterocycles. The monoisotopic (exact) mass is 383 g/mol. The molecule has 0 aliphatic heterocycles. The largest absolute Gasteiger partial charge is 0.271 e. The van der Waals surface area contributed by atoms with Crippen LogP contribution in [-0.4, -0.2) is 4.98 Å². The van der Waals surface area contributed by atoms with Crippen LogP contribution in [0.5, 0.6) is 0 Å². The molecule has 0 aliphatic rings. The van der Waals surface area contributed by atoms with Crippen LogP contribution in [0.15, 0.2) is 45.5 Å². The lowest BCUT2D eigenvalue weighted by molar-refractivity contribution is 0.543. The molecule has 1 heterocycles. The lowest BCUT2D eigenvalue weighted by Gasteiger charge is -2.18. The number of benzene rings is 1. The van der Waals surface area contributed by atoms with Gasteiger partial charge in [0, 0.05) is 27.3 Å². The predicted octanol–water partition coefficient (Wildman–Crippen LogP) is 3.66. The van der Waals surface area contributed by atoms with Gasteiger partial charge in [-0.05, 0) is 46.6 Å². The Morgan fingerprint density at radius 3 is 2.68 bits per heavy atom. The smallest absolute Gasteiger partial charge is 0.0526 e. The summed E-state index contributed by atoms with van der Waals surface area (Å²) in [5, 5.41) is 0. The number of nitrogens with two attached hydrogens (primary N) is 1. The molecule has 0 fully saturated rings. The van der Waals surface area contributed by atoms with Gasteiger partial charge in [-0.2, -0.15) is 0 Å². The second-order valence-electron chi connectivity index (χ2n) is 4.42. The van der Waals surface area contributed by atoms with Crippen molar-refractivity contribution in [3.8, 4) is 0 Å². The normalized spacial score (nSPS) is 12.4. The van der Waals surface area contributed by atoms with Crippen LogP contribution in [0.4, 0.5) is 0 Å². The molecule has 100 valence electrons. The number of hydrogen-bond acceptors (Lipinski definition) is 3. The van der Waals surface area contributed by atoms with Crippen molar-refractivity contribution in [3.05, 3.63) is 62.3 Å². The molecule has 0 saturated carbocycles. The van der Waals surface area contributed by atoms with Gasteiger partial charge < -0.3 is 0 Å². The summed E-state index contributed by atoms with van der Waals surface area (Å²) in [5.41, 5.74) is 6.22. The Morgan fingerprint density at radius 1 is 1.26 bits per heavy atom. The lowest BCUT2D eigenvalue weighted by atomic mass is 10.0. The summed E-state index contributed by atoms with van der Waals surface area (Å²) < 4.78 is 2.03. The molecule has 19 heavy (non-hydrogen) atoms. The Hall–Kier alpha value is -0.750. The summed E-state index contributed by atoms with van der Waals surface area (Å²) in [5.74, 6) is 5.69. The highest BCUT2D eigenvalue weighted by molar-refractivity contribution is 9.10. The molecule has 3 nitrogen and oxygen atoms in total. The van der Waals surface area contributed by atoms with Crippen molar-refractivity contribution in [1.29, 1.82) is 0 Å². The second-order valence-corrected chi connectivity index (χ2v) is 6.19. The SMILES string of the molecule is Cc1ccc(Br)c(C(Cc2ccc(Br)cn2)NN)c1. The second kappa shape index (κ2) is 6.61. The first-order valence-electron chi connectivity index (χ1n) is 5.92. The van der Waals surface area contributed by atoms with Gasteiger partial charge in [0.05, 0.1) is 6.04 Å². The van der Waals surface area contributed by atoms with E-state index in [1.165, 1.54) is 5.56 Å². The quantitative estimate of drug-likeness (QED) is 0.624. The fraction of sp³-hybridized carbons (Fsp3) is 0.214. The first kappa shape index (κ1) is 14.7. The van der Waals surface area contributed by atoms with Crippen molar-refractivity contribution in [2.75, 3.05) is 0 Å². The highest BCUT2D eigenvalue weighted by Crippen LogP contribution is 2.26. The van der Waals surface area contributed by atoms with Crippen LogP contribution >= 0.6 is 31.9 Å². The van der Waals surface area contributed by atoms with E-state index < -0.39 is 0 Å². The molecular weight excluding hydrogens is 370 g/mol.